The Kier molecular flexibility index (Phi) is 12.3. The lowest BCUT2D eigenvalue weighted by Gasteiger charge is -2.19. The number of ether oxygens (including phenoxy) is 1. The van der Waals surface area contributed by atoms with Gasteiger partial charge in [0.1, 0.15) is 17.1 Å². The predicted octanol–water partition coefficient (Wildman–Crippen LogP) is 6.07. The molecule has 18 heteroatoms. The Balaban J connectivity index is 1.68. The third-order valence-corrected chi connectivity index (χ3v) is 9.19. The smallest absolute Gasteiger partial charge is 0.421 e. The van der Waals surface area contributed by atoms with Gasteiger partial charge in [0.05, 0.1) is 49.8 Å². The van der Waals surface area contributed by atoms with Crippen LogP contribution in [0, 0.1) is 6.92 Å². The van der Waals surface area contributed by atoms with Crippen molar-refractivity contribution in [3.63, 3.8) is 0 Å². The van der Waals surface area contributed by atoms with Crippen LogP contribution in [0.1, 0.15) is 47.6 Å². The maximum atomic E-state index is 14.1. The van der Waals surface area contributed by atoms with Crippen LogP contribution in [-0.4, -0.2) is 69.7 Å². The molecule has 0 unspecified atom stereocenters. The van der Waals surface area contributed by atoms with Crippen LogP contribution in [0.25, 0.3) is 11.3 Å². The summed E-state index contributed by atoms with van der Waals surface area (Å²) in [4.78, 5) is 25.3. The van der Waals surface area contributed by atoms with Crippen molar-refractivity contribution in [1.29, 1.82) is 0 Å². The number of benzene rings is 1. The Labute approximate surface area is 281 Å². The highest BCUT2D eigenvalue weighted by Crippen LogP contribution is 2.51. The van der Waals surface area contributed by atoms with E-state index in [1.54, 1.807) is 55.9 Å². The molecule has 0 bridgehead atoms. The fourth-order valence-corrected chi connectivity index (χ4v) is 6.51. The van der Waals surface area contributed by atoms with Gasteiger partial charge in [0.15, 0.2) is 5.69 Å². The van der Waals surface area contributed by atoms with Gasteiger partial charge in [-0.3, -0.25) is 14.0 Å². The van der Waals surface area contributed by atoms with E-state index in [9.17, 15) is 22.5 Å². The number of aliphatic hydroxyl groups is 1. The third kappa shape index (κ3) is 9.12. The van der Waals surface area contributed by atoms with Gasteiger partial charge >= 0.3 is 13.8 Å². The monoisotopic (exact) mass is 706 g/mol. The van der Waals surface area contributed by atoms with E-state index in [0.29, 0.717) is 41.7 Å². The molecule has 0 aliphatic heterocycles. The summed E-state index contributed by atoms with van der Waals surface area (Å²) < 4.78 is 73.3. The molecule has 4 aromatic rings. The Hall–Kier alpha value is -4.57. The number of hydrogen-bond acceptors (Lipinski definition) is 12. The zero-order chi connectivity index (χ0) is 35.8. The number of carbonyl (C=O) groups is 1. The molecule has 3 heterocycles. The second kappa shape index (κ2) is 16.2. The number of carbonyl (C=O) groups excluding carboxylic acids is 1. The molecule has 0 saturated carbocycles. The molecule has 0 atom stereocenters. The van der Waals surface area contributed by atoms with E-state index in [4.69, 9.17) is 18.9 Å². The molecule has 4 rings (SSSR count). The minimum atomic E-state index is -4.85. The second-order valence-electron chi connectivity index (χ2n) is 10.5. The zero-order valence-electron chi connectivity index (χ0n) is 27.6. The minimum absolute atomic E-state index is 0.0118. The molecule has 0 aliphatic carbocycles. The molecule has 0 spiro atoms. The zero-order valence-corrected chi connectivity index (χ0v) is 28.5. The van der Waals surface area contributed by atoms with Gasteiger partial charge in [-0.2, -0.15) is 23.3 Å². The summed E-state index contributed by atoms with van der Waals surface area (Å²) >= 11 is 0. The SMILES string of the molecule is CCOP(=O)(Cc1ccc(Nc2ncc(C(F)(F)F)c(Nc3ccc(-c4cnn(CCCO)c4C)nc3C(=O)NC)n2)c(OC)c1)OCC. The van der Waals surface area contributed by atoms with E-state index in [1.165, 1.54) is 20.2 Å². The van der Waals surface area contributed by atoms with Crippen LogP contribution in [0.4, 0.5) is 36.3 Å². The average molecular weight is 707 g/mol. The number of rotatable bonds is 16. The van der Waals surface area contributed by atoms with E-state index in [2.05, 4.69) is 36.0 Å². The number of pyridine rings is 1. The van der Waals surface area contributed by atoms with E-state index >= 15 is 0 Å². The number of aromatic nitrogens is 5. The molecule has 0 saturated heterocycles. The standard InChI is InChI=1S/C31H38F3N8O6P/c1-6-47-49(45,48-7-2)18-20-9-10-24(26(15-20)46-5)40-30-36-17-22(31(32,33)34)28(41-30)39-25-12-11-23(38-27(25)29(44)35-4)21-16-37-42(19(21)3)13-8-14-43/h9-12,15-17,43H,6-8,13-14,18H2,1-5H3,(H,35,44)(H2,36,39,40,41). The van der Waals surface area contributed by atoms with Crippen LogP contribution in [-0.2, 0) is 32.5 Å². The molecule has 0 aliphatic rings. The number of alkyl halides is 3. The van der Waals surface area contributed by atoms with Gasteiger partial charge in [-0.1, -0.05) is 6.07 Å². The van der Waals surface area contributed by atoms with Gasteiger partial charge in [-0.25, -0.2) is 9.97 Å². The molecule has 1 aromatic carbocycles. The second-order valence-corrected chi connectivity index (χ2v) is 12.5. The molecule has 0 fully saturated rings. The van der Waals surface area contributed by atoms with Crippen LogP contribution < -0.4 is 20.7 Å². The number of aliphatic hydroxyl groups excluding tert-OH is 1. The summed E-state index contributed by atoms with van der Waals surface area (Å²) in [7, 11) is -0.647. The Morgan fingerprint density at radius 2 is 1.76 bits per heavy atom. The van der Waals surface area contributed by atoms with Crippen molar-refractivity contribution in [3.05, 3.63) is 65.2 Å². The summed E-state index contributed by atoms with van der Waals surface area (Å²) in [6.07, 6.45) is -2.20. The van der Waals surface area contributed by atoms with E-state index < -0.39 is 31.1 Å². The quantitative estimate of drug-likeness (QED) is 0.0993. The molecular formula is C31H38F3N8O6P. The lowest BCUT2D eigenvalue weighted by Crippen LogP contribution is -2.21. The summed E-state index contributed by atoms with van der Waals surface area (Å²) in [5.74, 6) is -1.24. The topological polar surface area (TPSA) is 175 Å². The first-order chi connectivity index (χ1) is 23.4. The maximum absolute atomic E-state index is 14.1. The molecule has 14 nitrogen and oxygen atoms in total. The van der Waals surface area contributed by atoms with E-state index in [1.807, 2.05) is 0 Å². The summed E-state index contributed by atoms with van der Waals surface area (Å²) in [6.45, 7) is 6.06. The average Bonchev–Trinajstić information content (AvgIpc) is 3.43. The fourth-order valence-electron chi connectivity index (χ4n) is 4.82. The van der Waals surface area contributed by atoms with Gasteiger partial charge in [0.2, 0.25) is 5.95 Å². The molecule has 0 radical (unpaired) electrons. The number of aryl methyl sites for hydroxylation is 1. The van der Waals surface area contributed by atoms with Crippen LogP contribution in [0.2, 0.25) is 0 Å². The van der Waals surface area contributed by atoms with Crippen LogP contribution in [0.5, 0.6) is 5.75 Å². The minimum Gasteiger partial charge on any atom is -0.495 e. The first-order valence-corrected chi connectivity index (χ1v) is 17.0. The van der Waals surface area contributed by atoms with Crippen LogP contribution in [0.15, 0.2) is 42.7 Å². The fraction of sp³-hybridized carbons (Fsp3) is 0.387. The molecule has 3 aromatic heterocycles. The van der Waals surface area contributed by atoms with Gasteiger partial charge in [-0.05, 0) is 57.0 Å². The van der Waals surface area contributed by atoms with Gasteiger partial charge in [0, 0.05) is 37.7 Å². The highest BCUT2D eigenvalue weighted by atomic mass is 31.2. The Bertz CT molecular complexity index is 1810. The van der Waals surface area contributed by atoms with E-state index in [-0.39, 0.29) is 49.1 Å². The first-order valence-electron chi connectivity index (χ1n) is 15.3. The van der Waals surface area contributed by atoms with Crippen molar-refractivity contribution in [2.45, 2.75) is 46.1 Å². The number of anilines is 4. The molecule has 4 N–H and O–H groups in total. The Morgan fingerprint density at radius 3 is 2.39 bits per heavy atom. The van der Waals surface area contributed by atoms with Crippen molar-refractivity contribution in [3.8, 4) is 17.0 Å². The molecule has 1 amide bonds. The van der Waals surface area contributed by atoms with Gasteiger partial charge < -0.3 is 34.8 Å². The number of amides is 1. The van der Waals surface area contributed by atoms with Crippen molar-refractivity contribution in [2.75, 3.05) is 44.6 Å². The number of nitrogens with one attached hydrogen (secondary N) is 3. The number of hydrogen-bond donors (Lipinski definition) is 4. The summed E-state index contributed by atoms with van der Waals surface area (Å²) in [6, 6.07) is 7.78. The van der Waals surface area contributed by atoms with Crippen molar-refractivity contribution in [1.82, 2.24) is 30.0 Å². The maximum Gasteiger partial charge on any atom is 0.421 e. The van der Waals surface area contributed by atoms with Gasteiger partial charge in [0.25, 0.3) is 5.91 Å². The van der Waals surface area contributed by atoms with Crippen molar-refractivity contribution < 1.29 is 41.4 Å². The van der Waals surface area contributed by atoms with Crippen LogP contribution >= 0.6 is 7.60 Å². The van der Waals surface area contributed by atoms with E-state index in [0.717, 1.165) is 5.69 Å². The molecule has 264 valence electrons. The normalized spacial score (nSPS) is 11.8. The number of nitrogens with zero attached hydrogens (tertiary/aromatic N) is 5. The number of halogens is 3. The van der Waals surface area contributed by atoms with Crippen molar-refractivity contribution >= 4 is 36.6 Å². The van der Waals surface area contributed by atoms with Crippen molar-refractivity contribution in [2.24, 2.45) is 0 Å². The van der Waals surface area contributed by atoms with Crippen LogP contribution in [0.3, 0.4) is 0 Å². The largest absolute Gasteiger partial charge is 0.495 e. The summed E-state index contributed by atoms with van der Waals surface area (Å²) in [5, 5.41) is 21.4. The Morgan fingerprint density at radius 1 is 1.04 bits per heavy atom. The predicted molar refractivity (Wildman–Crippen MR) is 176 cm³/mol. The first kappa shape index (κ1) is 37.3. The molecule has 49 heavy (non-hydrogen) atoms. The lowest BCUT2D eigenvalue weighted by molar-refractivity contribution is -0.137. The number of methoxy groups -OCH3 is 1. The molecular weight excluding hydrogens is 668 g/mol. The van der Waals surface area contributed by atoms with Gasteiger partial charge in [-0.15, -0.1) is 0 Å². The third-order valence-electron chi connectivity index (χ3n) is 7.13. The lowest BCUT2D eigenvalue weighted by atomic mass is 10.1. The highest BCUT2D eigenvalue weighted by molar-refractivity contribution is 7.53. The summed E-state index contributed by atoms with van der Waals surface area (Å²) in [5.41, 5.74) is 1.19. The highest BCUT2D eigenvalue weighted by Gasteiger charge is 2.36.